The van der Waals surface area contributed by atoms with Crippen LogP contribution in [0, 0.1) is 27.3 Å². The van der Waals surface area contributed by atoms with E-state index >= 15 is 0 Å². The number of hydrogen-bond acceptors (Lipinski definition) is 4. The first-order valence-corrected chi connectivity index (χ1v) is 6.50. The Bertz CT molecular complexity index is 828. The van der Waals surface area contributed by atoms with Gasteiger partial charge < -0.3 is 5.32 Å². The van der Waals surface area contributed by atoms with Gasteiger partial charge in [-0.25, -0.2) is 4.39 Å². The molecule has 1 N–H and O–H groups in total. The van der Waals surface area contributed by atoms with E-state index in [1.165, 1.54) is 12.1 Å². The summed E-state index contributed by atoms with van der Waals surface area (Å²) in [4.78, 5) is 10.2. The Balaban J connectivity index is 2.33. The average Bonchev–Trinajstić information content (AvgIpc) is 2.52. The second kappa shape index (κ2) is 6.54. The van der Waals surface area contributed by atoms with Gasteiger partial charge in [0.05, 0.1) is 22.1 Å². The fraction of sp³-hybridized carbons (Fsp3) is 0.133. The molecule has 0 saturated carbocycles. The number of hydrogen-bond donors (Lipinski definition) is 1. The summed E-state index contributed by atoms with van der Waals surface area (Å²) < 4.78 is 51.8. The van der Waals surface area contributed by atoms with Gasteiger partial charge in [0, 0.05) is 12.6 Å². The number of nitrogens with one attached hydrogen (secondary N) is 1. The zero-order valence-electron chi connectivity index (χ0n) is 11.9. The van der Waals surface area contributed by atoms with E-state index in [4.69, 9.17) is 5.26 Å². The van der Waals surface area contributed by atoms with E-state index < -0.39 is 34.7 Å². The summed E-state index contributed by atoms with van der Waals surface area (Å²) in [5, 5.41) is 22.3. The molecule has 0 aliphatic heterocycles. The molecule has 2 aromatic rings. The van der Waals surface area contributed by atoms with Crippen LogP contribution in [0.5, 0.6) is 0 Å². The third kappa shape index (κ3) is 3.78. The standard InChI is InChI=1S/C15H9F4N3O2/c16-11-3-2-10(12(6-11)15(17,18)19)8-21-13-4-1-9(7-20)5-14(13)22(23)24/h1-6,21H,8H2. The molecular formula is C15H9F4N3O2. The van der Waals surface area contributed by atoms with E-state index in [9.17, 15) is 27.7 Å². The largest absolute Gasteiger partial charge is 0.416 e. The van der Waals surface area contributed by atoms with Crippen LogP contribution in [0.4, 0.5) is 28.9 Å². The number of anilines is 1. The number of halogens is 4. The molecule has 0 spiro atoms. The van der Waals surface area contributed by atoms with Gasteiger partial charge in [-0.1, -0.05) is 6.07 Å². The fourth-order valence-electron chi connectivity index (χ4n) is 2.06. The lowest BCUT2D eigenvalue weighted by Gasteiger charge is -2.14. The number of rotatable bonds is 4. The Morgan fingerprint density at radius 2 is 1.92 bits per heavy atom. The minimum atomic E-state index is -4.75. The lowest BCUT2D eigenvalue weighted by Crippen LogP contribution is -2.13. The second-order valence-corrected chi connectivity index (χ2v) is 4.75. The first-order valence-electron chi connectivity index (χ1n) is 6.50. The highest BCUT2D eigenvalue weighted by molar-refractivity contribution is 5.64. The van der Waals surface area contributed by atoms with Crippen molar-refractivity contribution >= 4 is 11.4 Å². The number of nitro benzene ring substituents is 1. The van der Waals surface area contributed by atoms with Crippen LogP contribution in [-0.4, -0.2) is 4.92 Å². The Labute approximate surface area is 133 Å². The van der Waals surface area contributed by atoms with E-state index in [1.54, 1.807) is 6.07 Å². The first-order chi connectivity index (χ1) is 11.2. The van der Waals surface area contributed by atoms with Gasteiger partial charge in [-0.2, -0.15) is 18.4 Å². The van der Waals surface area contributed by atoms with Crippen LogP contribution in [0.1, 0.15) is 16.7 Å². The van der Waals surface area contributed by atoms with Crippen LogP contribution in [0.2, 0.25) is 0 Å². The third-order valence-electron chi connectivity index (χ3n) is 3.17. The smallest absolute Gasteiger partial charge is 0.375 e. The van der Waals surface area contributed by atoms with Crippen LogP contribution in [0.25, 0.3) is 0 Å². The molecule has 0 amide bonds. The summed E-state index contributed by atoms with van der Waals surface area (Å²) in [7, 11) is 0. The van der Waals surface area contributed by atoms with Gasteiger partial charge in [0.2, 0.25) is 0 Å². The molecule has 0 aliphatic rings. The average molecular weight is 339 g/mol. The second-order valence-electron chi connectivity index (χ2n) is 4.75. The van der Waals surface area contributed by atoms with E-state index in [-0.39, 0.29) is 16.8 Å². The number of benzene rings is 2. The molecule has 5 nitrogen and oxygen atoms in total. The van der Waals surface area contributed by atoms with E-state index in [0.29, 0.717) is 6.07 Å². The SMILES string of the molecule is N#Cc1ccc(NCc2ccc(F)cc2C(F)(F)F)c([N+](=O)[O-])c1. The molecule has 2 aromatic carbocycles. The molecule has 124 valence electrons. The lowest BCUT2D eigenvalue weighted by atomic mass is 10.1. The van der Waals surface area contributed by atoms with Gasteiger partial charge in [0.25, 0.3) is 5.69 Å². The Hall–Kier alpha value is -3.15. The zero-order valence-corrected chi connectivity index (χ0v) is 11.9. The summed E-state index contributed by atoms with van der Waals surface area (Å²) in [6.07, 6.45) is -4.75. The molecule has 0 unspecified atom stereocenters. The van der Waals surface area contributed by atoms with Crippen molar-refractivity contribution in [3.63, 3.8) is 0 Å². The molecule has 9 heteroatoms. The quantitative estimate of drug-likeness (QED) is 0.513. The topological polar surface area (TPSA) is 79.0 Å². The summed E-state index contributed by atoms with van der Waals surface area (Å²) in [6, 6.07) is 7.47. The van der Waals surface area contributed by atoms with Crippen molar-refractivity contribution in [2.75, 3.05) is 5.32 Å². The molecule has 2 rings (SSSR count). The predicted molar refractivity (Wildman–Crippen MR) is 76.5 cm³/mol. The number of nitriles is 1. The predicted octanol–water partition coefficient (Wildman–Crippen LogP) is 4.24. The van der Waals surface area contributed by atoms with Crippen molar-refractivity contribution in [3.05, 3.63) is 69.0 Å². The maximum Gasteiger partial charge on any atom is 0.416 e. The number of nitro groups is 1. The molecule has 0 heterocycles. The van der Waals surface area contributed by atoms with Crippen molar-refractivity contribution in [2.45, 2.75) is 12.7 Å². The van der Waals surface area contributed by atoms with Crippen molar-refractivity contribution in [3.8, 4) is 6.07 Å². The molecule has 0 radical (unpaired) electrons. The molecule has 0 atom stereocenters. The van der Waals surface area contributed by atoms with Crippen LogP contribution in [0.15, 0.2) is 36.4 Å². The molecule has 0 aromatic heterocycles. The normalized spacial score (nSPS) is 11.0. The van der Waals surface area contributed by atoms with Crippen molar-refractivity contribution in [2.24, 2.45) is 0 Å². The van der Waals surface area contributed by atoms with Gasteiger partial charge >= 0.3 is 6.18 Å². The highest BCUT2D eigenvalue weighted by Crippen LogP contribution is 2.33. The monoisotopic (exact) mass is 339 g/mol. The zero-order chi connectivity index (χ0) is 17.9. The number of alkyl halides is 3. The summed E-state index contributed by atoms with van der Waals surface area (Å²) in [5.74, 6) is -1.03. The molecule has 0 saturated heterocycles. The van der Waals surface area contributed by atoms with Gasteiger partial charge in [0.15, 0.2) is 0 Å². The molecule has 0 bridgehead atoms. The highest BCUT2D eigenvalue weighted by atomic mass is 19.4. The maximum absolute atomic E-state index is 13.1. The van der Waals surface area contributed by atoms with E-state index in [1.807, 2.05) is 0 Å². The maximum atomic E-state index is 13.1. The number of nitrogens with zero attached hydrogens (tertiary/aromatic N) is 2. The van der Waals surface area contributed by atoms with Crippen molar-refractivity contribution in [1.82, 2.24) is 0 Å². The van der Waals surface area contributed by atoms with Crippen LogP contribution in [0.3, 0.4) is 0 Å². The van der Waals surface area contributed by atoms with Crippen LogP contribution >= 0.6 is 0 Å². The summed E-state index contributed by atoms with van der Waals surface area (Å²) in [5.41, 5.74) is -1.86. The fourth-order valence-corrected chi connectivity index (χ4v) is 2.06. The van der Waals surface area contributed by atoms with Crippen LogP contribution < -0.4 is 5.32 Å². The van der Waals surface area contributed by atoms with Crippen molar-refractivity contribution in [1.29, 1.82) is 5.26 Å². The van der Waals surface area contributed by atoms with Gasteiger partial charge in [-0.3, -0.25) is 10.1 Å². The van der Waals surface area contributed by atoms with E-state index in [2.05, 4.69) is 5.32 Å². The van der Waals surface area contributed by atoms with Gasteiger partial charge in [0.1, 0.15) is 11.5 Å². The summed E-state index contributed by atoms with van der Waals surface area (Å²) in [6.45, 7) is -0.401. The minimum Gasteiger partial charge on any atom is -0.375 e. The summed E-state index contributed by atoms with van der Waals surface area (Å²) >= 11 is 0. The Morgan fingerprint density at radius 3 is 2.50 bits per heavy atom. The van der Waals surface area contributed by atoms with Crippen LogP contribution in [-0.2, 0) is 12.7 Å². The van der Waals surface area contributed by atoms with Crippen molar-refractivity contribution < 1.29 is 22.5 Å². The van der Waals surface area contributed by atoms with Gasteiger partial charge in [-0.05, 0) is 29.8 Å². The van der Waals surface area contributed by atoms with E-state index in [0.717, 1.165) is 18.2 Å². The molecule has 0 aliphatic carbocycles. The molecule has 24 heavy (non-hydrogen) atoms. The molecular weight excluding hydrogens is 330 g/mol. The third-order valence-corrected chi connectivity index (χ3v) is 3.17. The minimum absolute atomic E-state index is 0.0450. The highest BCUT2D eigenvalue weighted by Gasteiger charge is 2.33. The Kier molecular flexibility index (Phi) is 4.69. The molecule has 0 fully saturated rings. The lowest BCUT2D eigenvalue weighted by molar-refractivity contribution is -0.384. The van der Waals surface area contributed by atoms with Gasteiger partial charge in [-0.15, -0.1) is 0 Å². The first kappa shape index (κ1) is 17.2. The Morgan fingerprint density at radius 1 is 1.21 bits per heavy atom.